The predicted octanol–water partition coefficient (Wildman–Crippen LogP) is 5.97. The number of nitrogens with one attached hydrogen (secondary N) is 1. The maximum atomic E-state index is 13.4. The molecule has 0 amide bonds. The van der Waals surface area contributed by atoms with Gasteiger partial charge in [0.25, 0.3) is 0 Å². The van der Waals surface area contributed by atoms with Crippen LogP contribution in [0.5, 0.6) is 0 Å². The molecule has 0 saturated carbocycles. The number of pyridine rings is 1. The molecule has 2 aromatic heterocycles. The molecule has 0 radical (unpaired) electrons. The molecular formula is C22H18ClFN4S. The molecule has 1 unspecified atom stereocenters. The zero-order chi connectivity index (χ0) is 20.4. The van der Waals surface area contributed by atoms with Crippen molar-refractivity contribution in [1.29, 1.82) is 0 Å². The Hall–Kier alpha value is -2.83. The molecule has 3 aromatic rings. The summed E-state index contributed by atoms with van der Waals surface area (Å²) in [6.07, 6.45) is 9.19. The highest BCUT2D eigenvalue weighted by Gasteiger charge is 2.20. The van der Waals surface area contributed by atoms with Crippen LogP contribution < -0.4 is 5.32 Å². The zero-order valence-electron chi connectivity index (χ0n) is 15.6. The van der Waals surface area contributed by atoms with Crippen molar-refractivity contribution >= 4 is 40.3 Å². The molecular weight excluding hydrogens is 407 g/mol. The second kappa shape index (κ2) is 8.27. The molecule has 0 bridgehead atoms. The van der Waals surface area contributed by atoms with Crippen LogP contribution in [-0.4, -0.2) is 15.1 Å². The molecule has 0 spiro atoms. The van der Waals surface area contributed by atoms with Crippen molar-refractivity contribution in [2.75, 3.05) is 0 Å². The fourth-order valence-corrected chi connectivity index (χ4v) is 4.33. The van der Waals surface area contributed by atoms with Gasteiger partial charge in [-0.1, -0.05) is 24.3 Å². The summed E-state index contributed by atoms with van der Waals surface area (Å²) < 4.78 is 15.4. The summed E-state index contributed by atoms with van der Waals surface area (Å²) in [5.41, 5.74) is 4.92. The Morgan fingerprint density at radius 1 is 1.34 bits per heavy atom. The van der Waals surface area contributed by atoms with Crippen LogP contribution in [0.4, 0.5) is 4.39 Å². The van der Waals surface area contributed by atoms with Gasteiger partial charge in [0, 0.05) is 35.3 Å². The number of thioether (sulfide) groups is 1. The van der Waals surface area contributed by atoms with E-state index in [1.807, 2.05) is 47.5 Å². The number of imidazole rings is 1. The maximum Gasteiger partial charge on any atom is 0.155 e. The summed E-state index contributed by atoms with van der Waals surface area (Å²) in [6.45, 7) is 5.66. The van der Waals surface area contributed by atoms with Gasteiger partial charge >= 0.3 is 0 Å². The average molecular weight is 425 g/mol. The highest BCUT2D eigenvalue weighted by atomic mass is 35.5. The highest BCUT2D eigenvalue weighted by Crippen LogP contribution is 2.34. The van der Waals surface area contributed by atoms with E-state index in [4.69, 9.17) is 11.6 Å². The van der Waals surface area contributed by atoms with Crippen LogP contribution in [0.3, 0.4) is 0 Å². The molecule has 146 valence electrons. The average Bonchev–Trinajstić information content (AvgIpc) is 3.38. The smallest absolute Gasteiger partial charge is 0.155 e. The van der Waals surface area contributed by atoms with Crippen LogP contribution in [0, 0.1) is 5.82 Å². The van der Waals surface area contributed by atoms with Crippen LogP contribution in [0.25, 0.3) is 11.2 Å². The monoisotopic (exact) mass is 424 g/mol. The van der Waals surface area contributed by atoms with Crippen molar-refractivity contribution in [2.45, 2.75) is 12.3 Å². The zero-order valence-corrected chi connectivity index (χ0v) is 17.2. The van der Waals surface area contributed by atoms with Gasteiger partial charge in [0.15, 0.2) is 5.65 Å². The van der Waals surface area contributed by atoms with Gasteiger partial charge in [-0.25, -0.2) is 9.37 Å². The molecule has 0 aliphatic carbocycles. The van der Waals surface area contributed by atoms with Crippen molar-refractivity contribution in [3.05, 3.63) is 101 Å². The van der Waals surface area contributed by atoms with E-state index in [2.05, 4.69) is 21.9 Å². The van der Waals surface area contributed by atoms with E-state index >= 15 is 0 Å². The van der Waals surface area contributed by atoms with Gasteiger partial charge in [-0.05, 0) is 42.7 Å². The summed E-state index contributed by atoms with van der Waals surface area (Å²) in [6, 6.07) is 8.12. The molecule has 3 heterocycles. The van der Waals surface area contributed by atoms with Crippen molar-refractivity contribution in [3.8, 4) is 0 Å². The Morgan fingerprint density at radius 2 is 2.14 bits per heavy atom. The summed E-state index contributed by atoms with van der Waals surface area (Å²) in [7, 11) is 0. The number of benzene rings is 1. The third-order valence-corrected chi connectivity index (χ3v) is 5.80. The van der Waals surface area contributed by atoms with Gasteiger partial charge in [0.1, 0.15) is 11.2 Å². The Morgan fingerprint density at radius 3 is 2.79 bits per heavy atom. The molecule has 0 fully saturated rings. The minimum Gasteiger partial charge on any atom is -0.374 e. The first-order valence-corrected chi connectivity index (χ1v) is 10.3. The van der Waals surface area contributed by atoms with Crippen LogP contribution in [0.15, 0.2) is 78.2 Å². The van der Waals surface area contributed by atoms with E-state index in [0.717, 1.165) is 22.4 Å². The fourth-order valence-electron chi connectivity index (χ4n) is 3.28. The number of aliphatic imine (C=N–C) groups is 1. The van der Waals surface area contributed by atoms with E-state index < -0.39 is 0 Å². The SMILES string of the molecule is C=CN=C(/C(=C\C)c1cc(Cl)c2ncc(C3NC=CS3)n2c1)c1ccc(F)cc1. The second-order valence-electron chi connectivity index (χ2n) is 6.31. The van der Waals surface area contributed by atoms with Gasteiger partial charge in [-0.3, -0.25) is 9.39 Å². The first kappa shape index (κ1) is 19.5. The number of hydrogen-bond acceptors (Lipinski definition) is 4. The number of allylic oxidation sites excluding steroid dienone is 2. The largest absolute Gasteiger partial charge is 0.374 e. The summed E-state index contributed by atoms with van der Waals surface area (Å²) in [4.78, 5) is 8.94. The molecule has 4 nitrogen and oxygen atoms in total. The summed E-state index contributed by atoms with van der Waals surface area (Å²) in [5.74, 6) is -0.295. The van der Waals surface area contributed by atoms with Crippen molar-refractivity contribution < 1.29 is 4.39 Å². The minimum absolute atomic E-state index is 0.0729. The molecule has 4 rings (SSSR count). The lowest BCUT2D eigenvalue weighted by molar-refractivity contribution is 0.628. The van der Waals surface area contributed by atoms with E-state index in [9.17, 15) is 4.39 Å². The maximum absolute atomic E-state index is 13.4. The van der Waals surface area contributed by atoms with E-state index in [1.54, 1.807) is 23.9 Å². The molecule has 1 aliphatic rings. The van der Waals surface area contributed by atoms with Crippen molar-refractivity contribution in [1.82, 2.24) is 14.7 Å². The quantitative estimate of drug-likeness (QED) is 0.513. The van der Waals surface area contributed by atoms with Gasteiger partial charge in [-0.15, -0.1) is 11.8 Å². The summed E-state index contributed by atoms with van der Waals surface area (Å²) >= 11 is 8.24. The van der Waals surface area contributed by atoms with Gasteiger partial charge in [-0.2, -0.15) is 0 Å². The van der Waals surface area contributed by atoms with Crippen LogP contribution in [0.2, 0.25) is 5.02 Å². The van der Waals surface area contributed by atoms with E-state index in [-0.39, 0.29) is 11.2 Å². The Labute approximate surface area is 177 Å². The molecule has 1 aliphatic heterocycles. The predicted molar refractivity (Wildman–Crippen MR) is 120 cm³/mol. The Bertz CT molecular complexity index is 1150. The van der Waals surface area contributed by atoms with Crippen molar-refractivity contribution in [2.24, 2.45) is 4.99 Å². The lowest BCUT2D eigenvalue weighted by Gasteiger charge is -2.15. The lowest BCUT2D eigenvalue weighted by Crippen LogP contribution is -2.10. The van der Waals surface area contributed by atoms with E-state index in [1.165, 1.54) is 18.3 Å². The Kier molecular flexibility index (Phi) is 5.56. The number of rotatable bonds is 5. The summed E-state index contributed by atoms with van der Waals surface area (Å²) in [5, 5.41) is 5.92. The number of aromatic nitrogens is 2. The highest BCUT2D eigenvalue weighted by molar-refractivity contribution is 8.02. The van der Waals surface area contributed by atoms with E-state index in [0.29, 0.717) is 16.4 Å². The number of nitrogens with zero attached hydrogens (tertiary/aromatic N) is 3. The number of fused-ring (bicyclic) bond motifs is 1. The van der Waals surface area contributed by atoms with Crippen LogP contribution >= 0.6 is 23.4 Å². The fraction of sp³-hybridized carbons (Fsp3) is 0.0909. The number of hydrogen-bond donors (Lipinski definition) is 1. The number of halogens is 2. The van der Waals surface area contributed by atoms with Gasteiger partial charge < -0.3 is 5.32 Å². The molecule has 7 heteroatoms. The van der Waals surface area contributed by atoms with Gasteiger partial charge in [0.05, 0.1) is 22.6 Å². The molecule has 1 atom stereocenters. The molecule has 1 aromatic carbocycles. The Balaban J connectivity index is 1.84. The van der Waals surface area contributed by atoms with Crippen molar-refractivity contribution in [3.63, 3.8) is 0 Å². The normalized spacial score (nSPS) is 17.0. The van der Waals surface area contributed by atoms with Crippen LogP contribution in [-0.2, 0) is 0 Å². The van der Waals surface area contributed by atoms with Crippen LogP contribution in [0.1, 0.15) is 29.1 Å². The topological polar surface area (TPSA) is 41.7 Å². The minimum atomic E-state index is -0.295. The third-order valence-electron chi connectivity index (χ3n) is 4.58. The van der Waals surface area contributed by atoms with Gasteiger partial charge in [0.2, 0.25) is 0 Å². The third kappa shape index (κ3) is 3.73. The first-order chi connectivity index (χ1) is 14.1. The standard InChI is InChI=1S/C22H18ClFN4S/c1-3-17(20(25-4-2)14-5-7-16(24)8-6-14)15-11-18(23)21-27-12-19(28(21)13-15)22-26-9-10-29-22/h3-13,22,26H,2H2,1H3/b17-3-,25-20?. The first-order valence-electron chi connectivity index (χ1n) is 8.97. The molecule has 1 N–H and O–H groups in total. The molecule has 0 saturated heterocycles. The molecule has 29 heavy (non-hydrogen) atoms. The lowest BCUT2D eigenvalue weighted by atomic mass is 9.96. The second-order valence-corrected chi connectivity index (χ2v) is 7.73.